The fourth-order valence-electron chi connectivity index (χ4n) is 6.95. The lowest BCUT2D eigenvalue weighted by Gasteiger charge is -2.37. The van der Waals surface area contributed by atoms with Crippen LogP contribution in [-0.4, -0.2) is 92.1 Å². The molecule has 2 N–H and O–H groups in total. The van der Waals surface area contributed by atoms with Gasteiger partial charge in [-0.1, -0.05) is 44.2 Å². The quantitative estimate of drug-likeness (QED) is 0.389. The molecule has 4 aliphatic rings. The van der Waals surface area contributed by atoms with Crippen LogP contribution in [0.25, 0.3) is 0 Å². The second kappa shape index (κ2) is 12.4. The van der Waals surface area contributed by atoms with Crippen molar-refractivity contribution in [1.29, 1.82) is 0 Å². The molecule has 11 nitrogen and oxygen atoms in total. The van der Waals surface area contributed by atoms with Crippen molar-refractivity contribution in [2.45, 2.75) is 75.2 Å². The Bertz CT molecular complexity index is 1480. The van der Waals surface area contributed by atoms with Gasteiger partial charge < -0.3 is 29.5 Å². The van der Waals surface area contributed by atoms with Crippen LogP contribution in [0.5, 0.6) is 0 Å². The van der Waals surface area contributed by atoms with Crippen LogP contribution in [0.1, 0.15) is 48.2 Å². The van der Waals surface area contributed by atoms with Crippen LogP contribution >= 0.6 is 0 Å². The number of aliphatic hydroxyl groups is 1. The molecular formula is C32H41N3O8S. The molecule has 3 fully saturated rings. The molecule has 3 bridgehead atoms. The van der Waals surface area contributed by atoms with Gasteiger partial charge in [0.25, 0.3) is 5.91 Å². The first-order chi connectivity index (χ1) is 21.0. The summed E-state index contributed by atoms with van der Waals surface area (Å²) in [5.74, 6) is 0.196. The summed E-state index contributed by atoms with van der Waals surface area (Å²) < 4.78 is 46.8. The van der Waals surface area contributed by atoms with Crippen molar-refractivity contribution in [3.05, 3.63) is 65.2 Å². The lowest BCUT2D eigenvalue weighted by Crippen LogP contribution is -2.53. The third kappa shape index (κ3) is 6.23. The van der Waals surface area contributed by atoms with Crippen LogP contribution in [-0.2, 0) is 37.2 Å². The number of hydrogen-bond donors (Lipinski definition) is 2. The van der Waals surface area contributed by atoms with Gasteiger partial charge in [-0.05, 0) is 54.5 Å². The minimum Gasteiger partial charge on any atom is -0.443 e. The Balaban J connectivity index is 1.20. The Labute approximate surface area is 258 Å². The van der Waals surface area contributed by atoms with Crippen molar-refractivity contribution < 1.29 is 37.3 Å². The van der Waals surface area contributed by atoms with Crippen molar-refractivity contribution in [1.82, 2.24) is 14.5 Å². The Morgan fingerprint density at radius 2 is 1.91 bits per heavy atom. The number of alkyl carbamates (subject to hydrolysis) is 1. The molecule has 2 aromatic rings. The Kier molecular flexibility index (Phi) is 8.73. The number of amides is 2. The number of hydrogen-bond acceptors (Lipinski definition) is 8. The van der Waals surface area contributed by atoms with Gasteiger partial charge in [-0.3, -0.25) is 4.79 Å². The average Bonchev–Trinajstić information content (AvgIpc) is 3.45. The number of nitrogens with zero attached hydrogens (tertiary/aromatic N) is 2. The highest BCUT2D eigenvalue weighted by molar-refractivity contribution is 7.89. The molecule has 3 aliphatic heterocycles. The van der Waals surface area contributed by atoms with Crippen LogP contribution < -0.4 is 5.32 Å². The lowest BCUT2D eigenvalue weighted by atomic mass is 9.78. The van der Waals surface area contributed by atoms with E-state index in [0.29, 0.717) is 30.2 Å². The van der Waals surface area contributed by atoms with Crippen molar-refractivity contribution in [3.63, 3.8) is 0 Å². The number of benzene rings is 2. The fraction of sp³-hybridized carbons (Fsp3) is 0.562. The molecule has 44 heavy (non-hydrogen) atoms. The summed E-state index contributed by atoms with van der Waals surface area (Å²) in [6, 6.07) is 13.1. The molecule has 0 spiro atoms. The third-order valence-electron chi connectivity index (χ3n) is 9.11. The van der Waals surface area contributed by atoms with Crippen LogP contribution in [0.4, 0.5) is 4.79 Å². The zero-order chi connectivity index (χ0) is 31.2. The molecule has 238 valence electrons. The van der Waals surface area contributed by atoms with E-state index in [-0.39, 0.29) is 54.5 Å². The second-order valence-corrected chi connectivity index (χ2v) is 14.9. The SMILES string of the molecule is CC(C)CN(CC(O)C(Cc1ccccc1)NC(=O)OC1C2COC3OC1CC3C2)S(=O)(=O)c1ccc2c(c1)CN(C)C2=O. The first-order valence-corrected chi connectivity index (χ1v) is 16.8. The van der Waals surface area contributed by atoms with E-state index in [0.717, 1.165) is 18.4 Å². The van der Waals surface area contributed by atoms with Gasteiger partial charge in [0.1, 0.15) is 6.10 Å². The summed E-state index contributed by atoms with van der Waals surface area (Å²) in [7, 11) is -2.37. The minimum absolute atomic E-state index is 0.0383. The number of carbonyl (C=O) groups excluding carboxylic acids is 2. The fourth-order valence-corrected chi connectivity index (χ4v) is 8.62. The minimum atomic E-state index is -4.05. The molecule has 7 unspecified atom stereocenters. The standard InChI is InChI=1S/C32H41N3O8S/c1-19(2)15-35(44(39,40)24-9-10-25-22(13-24)16-34(3)30(25)37)17-27(36)26(11-20-7-5-4-6-8-20)33-32(38)43-29-23-12-21-14-28(29)42-31(21)41-18-23/h4-10,13,19,21,23,26-29,31,36H,11-12,14-18H2,1-3H3,(H,33,38). The van der Waals surface area contributed by atoms with E-state index in [9.17, 15) is 23.1 Å². The maximum Gasteiger partial charge on any atom is 0.407 e. The maximum atomic E-state index is 14.0. The highest BCUT2D eigenvalue weighted by atomic mass is 32.2. The maximum absolute atomic E-state index is 14.0. The van der Waals surface area contributed by atoms with Gasteiger partial charge in [-0.15, -0.1) is 0 Å². The molecule has 3 heterocycles. The van der Waals surface area contributed by atoms with E-state index in [1.165, 1.54) is 15.3 Å². The molecule has 7 atom stereocenters. The van der Waals surface area contributed by atoms with Gasteiger partial charge in [-0.2, -0.15) is 4.31 Å². The van der Waals surface area contributed by atoms with E-state index in [4.69, 9.17) is 14.2 Å². The van der Waals surface area contributed by atoms with Crippen LogP contribution in [0, 0.1) is 17.8 Å². The molecule has 2 saturated heterocycles. The van der Waals surface area contributed by atoms with Gasteiger partial charge in [0, 0.05) is 44.1 Å². The number of nitrogens with one attached hydrogen (secondary N) is 1. The van der Waals surface area contributed by atoms with Crippen molar-refractivity contribution >= 4 is 22.0 Å². The lowest BCUT2D eigenvalue weighted by molar-refractivity contribution is -0.153. The molecule has 2 amide bonds. The summed E-state index contributed by atoms with van der Waals surface area (Å²) in [5, 5.41) is 14.4. The Morgan fingerprint density at radius 3 is 2.66 bits per heavy atom. The molecule has 6 rings (SSSR count). The van der Waals surface area contributed by atoms with Crippen LogP contribution in [0.3, 0.4) is 0 Å². The molecule has 0 radical (unpaired) electrons. The van der Waals surface area contributed by atoms with E-state index < -0.39 is 34.4 Å². The molecule has 2 aromatic carbocycles. The van der Waals surface area contributed by atoms with Crippen LogP contribution in [0.2, 0.25) is 0 Å². The number of aliphatic hydroxyl groups excluding tert-OH is 1. The summed E-state index contributed by atoms with van der Waals surface area (Å²) in [6.07, 6.45) is -0.910. The predicted molar refractivity (Wildman–Crippen MR) is 160 cm³/mol. The highest BCUT2D eigenvalue weighted by Crippen LogP contribution is 2.46. The molecule has 0 aromatic heterocycles. The third-order valence-corrected chi connectivity index (χ3v) is 10.9. The topological polar surface area (TPSA) is 135 Å². The van der Waals surface area contributed by atoms with Crippen LogP contribution in [0.15, 0.2) is 53.4 Å². The second-order valence-electron chi connectivity index (χ2n) is 12.9. The predicted octanol–water partition coefficient (Wildman–Crippen LogP) is 2.77. The first kappa shape index (κ1) is 31.0. The first-order valence-electron chi connectivity index (χ1n) is 15.3. The van der Waals surface area contributed by atoms with Gasteiger partial charge in [0.15, 0.2) is 6.29 Å². The van der Waals surface area contributed by atoms with Crippen molar-refractivity contribution in [2.24, 2.45) is 17.8 Å². The number of carbonyl (C=O) groups is 2. The molecule has 1 aliphatic carbocycles. The Morgan fingerprint density at radius 1 is 1.14 bits per heavy atom. The zero-order valence-corrected chi connectivity index (χ0v) is 26.1. The Hall–Kier alpha value is -3.03. The van der Waals surface area contributed by atoms with E-state index >= 15 is 0 Å². The number of sulfonamides is 1. The van der Waals surface area contributed by atoms with Crippen molar-refractivity contribution in [2.75, 3.05) is 26.7 Å². The summed E-state index contributed by atoms with van der Waals surface area (Å²) in [5.41, 5.74) is 2.01. The van der Waals surface area contributed by atoms with Gasteiger partial charge in [-0.25, -0.2) is 13.2 Å². The zero-order valence-electron chi connectivity index (χ0n) is 25.3. The molecular weight excluding hydrogens is 586 g/mol. The highest BCUT2D eigenvalue weighted by Gasteiger charge is 2.53. The number of rotatable bonds is 11. The summed E-state index contributed by atoms with van der Waals surface area (Å²) in [6.45, 7) is 4.52. The van der Waals surface area contributed by atoms with Gasteiger partial charge >= 0.3 is 6.09 Å². The van der Waals surface area contributed by atoms with Crippen molar-refractivity contribution in [3.8, 4) is 0 Å². The normalized spacial score (nSPS) is 27.1. The van der Waals surface area contributed by atoms with E-state index in [1.54, 1.807) is 19.2 Å². The van der Waals surface area contributed by atoms with Gasteiger partial charge in [0.05, 0.1) is 29.8 Å². The van der Waals surface area contributed by atoms with Gasteiger partial charge in [0.2, 0.25) is 10.0 Å². The number of ether oxygens (including phenoxy) is 3. The smallest absolute Gasteiger partial charge is 0.407 e. The molecule has 1 saturated carbocycles. The summed E-state index contributed by atoms with van der Waals surface area (Å²) in [4.78, 5) is 27.3. The monoisotopic (exact) mass is 627 g/mol. The average molecular weight is 628 g/mol. The van der Waals surface area contributed by atoms with E-state index in [2.05, 4.69) is 5.32 Å². The largest absolute Gasteiger partial charge is 0.443 e. The van der Waals surface area contributed by atoms with E-state index in [1.807, 2.05) is 44.2 Å². The summed E-state index contributed by atoms with van der Waals surface area (Å²) >= 11 is 0. The number of fused-ring (bicyclic) bond motifs is 3. The molecule has 12 heteroatoms.